The van der Waals surface area contributed by atoms with Gasteiger partial charge >= 0.3 is 0 Å². The van der Waals surface area contributed by atoms with Gasteiger partial charge in [0.1, 0.15) is 22.9 Å². The van der Waals surface area contributed by atoms with Crippen molar-refractivity contribution in [2.24, 2.45) is 5.73 Å². The van der Waals surface area contributed by atoms with Crippen LogP contribution in [0.5, 0.6) is 5.75 Å². The maximum atomic E-state index is 14.5. The smallest absolute Gasteiger partial charge is 0.150 e. The lowest BCUT2D eigenvalue weighted by Gasteiger charge is -2.12. The molecule has 0 saturated carbocycles. The van der Waals surface area contributed by atoms with Crippen LogP contribution >= 0.6 is 0 Å². The Bertz CT molecular complexity index is 1170. The Morgan fingerprint density at radius 2 is 1.97 bits per heavy atom. The number of ether oxygens (including phenoxy) is 1. The van der Waals surface area contributed by atoms with Gasteiger partial charge in [0.15, 0.2) is 0 Å². The minimum atomic E-state index is -0.598. The molecule has 6 heteroatoms. The third-order valence-corrected chi connectivity index (χ3v) is 5.11. The van der Waals surface area contributed by atoms with E-state index in [1.807, 2.05) is 31.2 Å². The number of nitrogens with one attached hydrogen (secondary N) is 1. The van der Waals surface area contributed by atoms with E-state index in [9.17, 15) is 8.78 Å². The first-order chi connectivity index (χ1) is 14.1. The summed E-state index contributed by atoms with van der Waals surface area (Å²) in [5, 5.41) is 1.46. The zero-order valence-corrected chi connectivity index (χ0v) is 16.3. The lowest BCUT2D eigenvalue weighted by atomic mass is 9.97. The molecule has 0 aliphatic carbocycles. The van der Waals surface area contributed by atoms with E-state index in [2.05, 4.69) is 9.97 Å². The maximum Gasteiger partial charge on any atom is 0.150 e. The molecule has 0 amide bonds. The number of aromatic nitrogens is 2. The van der Waals surface area contributed by atoms with Crippen LogP contribution in [0.2, 0.25) is 0 Å². The number of hydrogen-bond acceptors (Lipinski definition) is 3. The van der Waals surface area contributed by atoms with Crippen LogP contribution in [0.3, 0.4) is 0 Å². The lowest BCUT2D eigenvalue weighted by Crippen LogP contribution is -1.99. The van der Waals surface area contributed by atoms with Gasteiger partial charge in [0.2, 0.25) is 0 Å². The topological polar surface area (TPSA) is 63.9 Å². The summed E-state index contributed by atoms with van der Waals surface area (Å²) in [6, 6.07) is 9.95. The van der Waals surface area contributed by atoms with Crippen molar-refractivity contribution in [3.05, 3.63) is 59.8 Å². The minimum Gasteiger partial charge on any atom is -0.492 e. The first-order valence-electron chi connectivity index (χ1n) is 9.84. The molecule has 0 unspecified atom stereocenters. The molecule has 0 bridgehead atoms. The van der Waals surface area contributed by atoms with Crippen LogP contribution in [-0.4, -0.2) is 23.1 Å². The zero-order valence-electron chi connectivity index (χ0n) is 16.3. The van der Waals surface area contributed by atoms with Gasteiger partial charge in [0.25, 0.3) is 0 Å². The Labute approximate surface area is 167 Å². The van der Waals surface area contributed by atoms with Gasteiger partial charge in [-0.05, 0) is 62.6 Å². The Hall–Kier alpha value is -2.99. The summed E-state index contributed by atoms with van der Waals surface area (Å²) >= 11 is 0. The van der Waals surface area contributed by atoms with E-state index < -0.39 is 11.6 Å². The SMILES string of the molecule is CCOc1ccc(-c2[nH]c3c(F)cc(F)cc3c2CCCCN)c2cccnc12. The van der Waals surface area contributed by atoms with Crippen molar-refractivity contribution in [2.45, 2.75) is 26.2 Å². The molecule has 4 aromatic rings. The molecule has 0 atom stereocenters. The Balaban J connectivity index is 1.97. The van der Waals surface area contributed by atoms with Crippen LogP contribution in [-0.2, 0) is 6.42 Å². The molecule has 0 saturated heterocycles. The van der Waals surface area contributed by atoms with Crippen molar-refractivity contribution in [2.75, 3.05) is 13.2 Å². The fourth-order valence-corrected chi connectivity index (χ4v) is 3.85. The van der Waals surface area contributed by atoms with Gasteiger partial charge in [-0.15, -0.1) is 0 Å². The van der Waals surface area contributed by atoms with E-state index in [4.69, 9.17) is 10.5 Å². The van der Waals surface area contributed by atoms with Gasteiger partial charge < -0.3 is 15.5 Å². The first-order valence-corrected chi connectivity index (χ1v) is 9.84. The first kappa shape index (κ1) is 19.3. The number of nitrogens with two attached hydrogens (primary N) is 1. The molecular formula is C23H23F2N3O. The zero-order chi connectivity index (χ0) is 20.4. The molecule has 3 N–H and O–H groups in total. The van der Waals surface area contributed by atoms with Crippen LogP contribution in [0, 0.1) is 11.6 Å². The number of fused-ring (bicyclic) bond motifs is 2. The highest BCUT2D eigenvalue weighted by atomic mass is 19.1. The second kappa shape index (κ2) is 8.17. The molecule has 4 rings (SSSR count). The number of pyridine rings is 1. The molecule has 2 aromatic carbocycles. The Morgan fingerprint density at radius 3 is 2.76 bits per heavy atom. The van der Waals surface area contributed by atoms with Crippen LogP contribution in [0.4, 0.5) is 8.78 Å². The fraction of sp³-hybridized carbons (Fsp3) is 0.261. The van der Waals surface area contributed by atoms with E-state index >= 15 is 0 Å². The molecule has 0 radical (unpaired) electrons. The highest BCUT2D eigenvalue weighted by molar-refractivity contribution is 6.01. The van der Waals surface area contributed by atoms with Crippen molar-refractivity contribution in [3.63, 3.8) is 0 Å². The normalized spacial score (nSPS) is 11.4. The number of hydrogen-bond donors (Lipinski definition) is 2. The predicted octanol–water partition coefficient (Wildman–Crippen LogP) is 5.34. The molecule has 29 heavy (non-hydrogen) atoms. The molecule has 2 aromatic heterocycles. The van der Waals surface area contributed by atoms with Gasteiger partial charge in [0.05, 0.1) is 17.8 Å². The number of aromatic amines is 1. The number of benzene rings is 2. The molecule has 0 aliphatic rings. The highest BCUT2D eigenvalue weighted by Crippen LogP contribution is 2.38. The molecule has 150 valence electrons. The number of H-pyrrole nitrogens is 1. The van der Waals surface area contributed by atoms with Gasteiger partial charge in [0, 0.05) is 28.6 Å². The average Bonchev–Trinajstić information content (AvgIpc) is 3.07. The summed E-state index contributed by atoms with van der Waals surface area (Å²) in [6.45, 7) is 3.04. The molecule has 2 heterocycles. The summed E-state index contributed by atoms with van der Waals surface area (Å²) in [6.07, 6.45) is 4.07. The summed E-state index contributed by atoms with van der Waals surface area (Å²) in [7, 11) is 0. The average molecular weight is 395 g/mol. The summed E-state index contributed by atoms with van der Waals surface area (Å²) in [5.41, 5.74) is 9.26. The minimum absolute atomic E-state index is 0.315. The third-order valence-electron chi connectivity index (χ3n) is 5.11. The summed E-state index contributed by atoms with van der Waals surface area (Å²) in [5.74, 6) is -0.483. The second-order valence-corrected chi connectivity index (χ2v) is 6.98. The highest BCUT2D eigenvalue weighted by Gasteiger charge is 2.19. The van der Waals surface area contributed by atoms with E-state index in [1.165, 1.54) is 6.07 Å². The number of aryl methyl sites for hydroxylation is 1. The van der Waals surface area contributed by atoms with E-state index in [0.29, 0.717) is 36.2 Å². The van der Waals surface area contributed by atoms with Crippen LogP contribution in [0.15, 0.2) is 42.6 Å². The molecule has 4 nitrogen and oxygen atoms in total. The predicted molar refractivity (Wildman–Crippen MR) is 112 cm³/mol. The Kier molecular flexibility index (Phi) is 5.45. The molecular weight excluding hydrogens is 372 g/mol. The summed E-state index contributed by atoms with van der Waals surface area (Å²) < 4.78 is 34.2. The monoisotopic (exact) mass is 395 g/mol. The second-order valence-electron chi connectivity index (χ2n) is 6.98. The van der Waals surface area contributed by atoms with Crippen LogP contribution < -0.4 is 10.5 Å². The fourth-order valence-electron chi connectivity index (χ4n) is 3.85. The van der Waals surface area contributed by atoms with Gasteiger partial charge in [-0.2, -0.15) is 0 Å². The maximum absolute atomic E-state index is 14.5. The number of halogens is 2. The number of nitrogens with zero attached hydrogens (tertiary/aromatic N) is 1. The standard InChI is InChI=1S/C23H23F2N3O/c1-2-29-20-9-8-17(15-7-5-11-27-23(15)20)21-16(6-3-4-10-26)18-12-14(24)13-19(25)22(18)28-21/h5,7-9,11-13,28H,2-4,6,10,26H2,1H3. The lowest BCUT2D eigenvalue weighted by molar-refractivity contribution is 0.343. The molecule has 0 aliphatic heterocycles. The molecule has 0 spiro atoms. The van der Waals surface area contributed by atoms with E-state index in [-0.39, 0.29) is 0 Å². The van der Waals surface area contributed by atoms with Gasteiger partial charge in [-0.1, -0.05) is 6.07 Å². The van der Waals surface area contributed by atoms with Crippen LogP contribution in [0.25, 0.3) is 33.1 Å². The van der Waals surface area contributed by atoms with Crippen molar-refractivity contribution in [3.8, 4) is 17.0 Å². The van der Waals surface area contributed by atoms with Gasteiger partial charge in [-0.3, -0.25) is 4.98 Å². The Morgan fingerprint density at radius 1 is 1.10 bits per heavy atom. The summed E-state index contributed by atoms with van der Waals surface area (Å²) in [4.78, 5) is 7.69. The third kappa shape index (κ3) is 3.56. The molecule has 0 fully saturated rings. The van der Waals surface area contributed by atoms with Crippen molar-refractivity contribution in [1.82, 2.24) is 9.97 Å². The van der Waals surface area contributed by atoms with Crippen LogP contribution in [0.1, 0.15) is 25.3 Å². The number of unbranched alkanes of at least 4 members (excludes halogenated alkanes) is 1. The number of rotatable bonds is 7. The van der Waals surface area contributed by atoms with E-state index in [0.717, 1.165) is 46.6 Å². The van der Waals surface area contributed by atoms with Gasteiger partial charge in [-0.25, -0.2) is 8.78 Å². The largest absolute Gasteiger partial charge is 0.492 e. The van der Waals surface area contributed by atoms with Crippen molar-refractivity contribution < 1.29 is 13.5 Å². The quantitative estimate of drug-likeness (QED) is 0.415. The van der Waals surface area contributed by atoms with Crippen molar-refractivity contribution >= 4 is 21.8 Å². The van der Waals surface area contributed by atoms with Crippen molar-refractivity contribution in [1.29, 1.82) is 0 Å². The van der Waals surface area contributed by atoms with E-state index in [1.54, 1.807) is 6.20 Å².